The SMILES string of the molecule is C#CC(=O)OCCOC(=O)OCC. The van der Waals surface area contributed by atoms with Crippen LogP contribution in [-0.4, -0.2) is 31.9 Å². The van der Waals surface area contributed by atoms with E-state index in [9.17, 15) is 9.59 Å². The van der Waals surface area contributed by atoms with E-state index in [-0.39, 0.29) is 19.8 Å². The number of carbonyl (C=O) groups excluding carboxylic acids is 2. The summed E-state index contributed by atoms with van der Waals surface area (Å²) in [6.45, 7) is 1.76. The van der Waals surface area contributed by atoms with Gasteiger partial charge in [0.05, 0.1) is 6.61 Å². The van der Waals surface area contributed by atoms with Crippen LogP contribution in [0.1, 0.15) is 6.92 Å². The van der Waals surface area contributed by atoms with Crippen molar-refractivity contribution in [3.05, 3.63) is 0 Å². The van der Waals surface area contributed by atoms with Crippen LogP contribution < -0.4 is 0 Å². The minimum absolute atomic E-state index is 0.0632. The van der Waals surface area contributed by atoms with Crippen molar-refractivity contribution in [2.75, 3.05) is 19.8 Å². The zero-order valence-electron chi connectivity index (χ0n) is 7.24. The fourth-order valence-electron chi connectivity index (χ4n) is 0.461. The summed E-state index contributed by atoms with van der Waals surface area (Å²) >= 11 is 0. The van der Waals surface area contributed by atoms with Gasteiger partial charge in [0.25, 0.3) is 0 Å². The highest BCUT2D eigenvalue weighted by Gasteiger charge is 2.02. The van der Waals surface area contributed by atoms with E-state index in [2.05, 4.69) is 14.2 Å². The molecule has 0 saturated heterocycles. The molecule has 0 amide bonds. The molecule has 0 aromatic heterocycles. The molecule has 0 N–H and O–H groups in total. The van der Waals surface area contributed by atoms with Crippen LogP contribution in [0.3, 0.4) is 0 Å². The fraction of sp³-hybridized carbons (Fsp3) is 0.500. The van der Waals surface area contributed by atoms with Gasteiger partial charge in [-0.3, -0.25) is 0 Å². The smallest absolute Gasteiger partial charge is 0.452 e. The summed E-state index contributed by atoms with van der Waals surface area (Å²) in [4.78, 5) is 20.9. The summed E-state index contributed by atoms with van der Waals surface area (Å²) in [6.07, 6.45) is 3.91. The molecule has 0 aromatic rings. The Balaban J connectivity index is 3.31. The van der Waals surface area contributed by atoms with Crippen LogP contribution in [0, 0.1) is 12.3 Å². The van der Waals surface area contributed by atoms with E-state index in [0.29, 0.717) is 0 Å². The largest absolute Gasteiger partial charge is 0.508 e. The number of hydrogen-bond donors (Lipinski definition) is 0. The molecule has 5 nitrogen and oxygen atoms in total. The maximum atomic E-state index is 10.5. The molecule has 0 saturated carbocycles. The average molecular weight is 186 g/mol. The maximum absolute atomic E-state index is 10.5. The Bertz CT molecular complexity index is 215. The van der Waals surface area contributed by atoms with E-state index in [4.69, 9.17) is 6.42 Å². The molecule has 0 fully saturated rings. The van der Waals surface area contributed by atoms with Crippen LogP contribution >= 0.6 is 0 Å². The van der Waals surface area contributed by atoms with Gasteiger partial charge in [0.15, 0.2) is 0 Å². The standard InChI is InChI=1S/C8H10O5/c1-3-7(9)12-5-6-13-8(10)11-4-2/h1H,4-6H2,2H3. The molecule has 0 spiro atoms. The van der Waals surface area contributed by atoms with Gasteiger partial charge in [0.2, 0.25) is 0 Å². The molecule has 0 radical (unpaired) electrons. The van der Waals surface area contributed by atoms with Crippen molar-refractivity contribution < 1.29 is 23.8 Å². The molecule has 72 valence electrons. The molecular formula is C8H10O5. The van der Waals surface area contributed by atoms with Crippen molar-refractivity contribution in [1.82, 2.24) is 0 Å². The quantitative estimate of drug-likeness (QED) is 0.274. The third-order valence-electron chi connectivity index (χ3n) is 0.916. The molecule has 0 heterocycles. The lowest BCUT2D eigenvalue weighted by Gasteiger charge is -2.03. The number of esters is 1. The molecule has 13 heavy (non-hydrogen) atoms. The van der Waals surface area contributed by atoms with Gasteiger partial charge >= 0.3 is 12.1 Å². The summed E-state index contributed by atoms with van der Waals surface area (Å²) in [5.41, 5.74) is 0. The predicted molar refractivity (Wildman–Crippen MR) is 42.8 cm³/mol. The summed E-state index contributed by atoms with van der Waals surface area (Å²) in [7, 11) is 0. The normalized spacial score (nSPS) is 8.31. The topological polar surface area (TPSA) is 61.8 Å². The van der Waals surface area contributed by atoms with Crippen LogP contribution in [0.25, 0.3) is 0 Å². The van der Waals surface area contributed by atoms with E-state index in [1.54, 1.807) is 12.8 Å². The Morgan fingerprint density at radius 2 is 1.85 bits per heavy atom. The fourth-order valence-corrected chi connectivity index (χ4v) is 0.461. The van der Waals surface area contributed by atoms with Crippen LogP contribution in [0.2, 0.25) is 0 Å². The Kier molecular flexibility index (Phi) is 6.06. The van der Waals surface area contributed by atoms with Gasteiger partial charge in [-0.1, -0.05) is 0 Å². The van der Waals surface area contributed by atoms with E-state index < -0.39 is 12.1 Å². The van der Waals surface area contributed by atoms with Crippen LogP contribution in [0.15, 0.2) is 0 Å². The minimum atomic E-state index is -0.792. The van der Waals surface area contributed by atoms with E-state index in [0.717, 1.165) is 0 Å². The Hall–Kier alpha value is -1.70. The third-order valence-corrected chi connectivity index (χ3v) is 0.916. The highest BCUT2D eigenvalue weighted by molar-refractivity contribution is 5.87. The van der Waals surface area contributed by atoms with Crippen LogP contribution in [0.5, 0.6) is 0 Å². The molecular weight excluding hydrogens is 176 g/mol. The van der Waals surface area contributed by atoms with Gasteiger partial charge < -0.3 is 14.2 Å². The van der Waals surface area contributed by atoms with Gasteiger partial charge in [0, 0.05) is 5.92 Å². The van der Waals surface area contributed by atoms with Crippen molar-refractivity contribution in [2.24, 2.45) is 0 Å². The van der Waals surface area contributed by atoms with Crippen molar-refractivity contribution in [3.63, 3.8) is 0 Å². The Labute approximate surface area is 76.0 Å². The Morgan fingerprint density at radius 3 is 2.38 bits per heavy atom. The highest BCUT2D eigenvalue weighted by atomic mass is 16.7. The van der Waals surface area contributed by atoms with Crippen LogP contribution in [-0.2, 0) is 19.0 Å². The molecule has 5 heteroatoms. The molecule has 0 aliphatic heterocycles. The number of ether oxygens (including phenoxy) is 3. The zero-order chi connectivity index (χ0) is 10.1. The summed E-state index contributed by atoms with van der Waals surface area (Å²) in [5, 5.41) is 0. The minimum Gasteiger partial charge on any atom is -0.452 e. The van der Waals surface area contributed by atoms with Crippen molar-refractivity contribution in [3.8, 4) is 12.3 Å². The lowest BCUT2D eigenvalue weighted by Crippen LogP contribution is -2.13. The van der Waals surface area contributed by atoms with Gasteiger partial charge in [-0.15, -0.1) is 6.42 Å². The van der Waals surface area contributed by atoms with Crippen molar-refractivity contribution in [1.29, 1.82) is 0 Å². The first-order chi connectivity index (χ1) is 6.20. The average Bonchev–Trinajstić information content (AvgIpc) is 2.12. The first-order valence-electron chi connectivity index (χ1n) is 3.63. The molecule has 0 unspecified atom stereocenters. The first kappa shape index (κ1) is 11.3. The van der Waals surface area contributed by atoms with Crippen molar-refractivity contribution >= 4 is 12.1 Å². The van der Waals surface area contributed by atoms with Gasteiger partial charge in [-0.2, -0.15) is 0 Å². The second-order valence-electron chi connectivity index (χ2n) is 1.81. The molecule has 0 aliphatic rings. The van der Waals surface area contributed by atoms with E-state index in [1.165, 1.54) is 0 Å². The predicted octanol–water partition coefficient (Wildman–Crippen LogP) is 0.336. The summed E-state index contributed by atoms with van der Waals surface area (Å²) in [5.74, 6) is 0.961. The number of carbonyl (C=O) groups is 2. The molecule has 0 rings (SSSR count). The van der Waals surface area contributed by atoms with Gasteiger partial charge in [0.1, 0.15) is 13.2 Å². The maximum Gasteiger partial charge on any atom is 0.508 e. The lowest BCUT2D eigenvalue weighted by molar-refractivity contribution is -0.137. The monoisotopic (exact) mass is 186 g/mol. The number of terminal acetylenes is 1. The van der Waals surface area contributed by atoms with Crippen molar-refractivity contribution in [2.45, 2.75) is 6.92 Å². The number of hydrogen-bond acceptors (Lipinski definition) is 5. The van der Waals surface area contributed by atoms with E-state index in [1.807, 2.05) is 0 Å². The van der Waals surface area contributed by atoms with E-state index >= 15 is 0 Å². The third kappa shape index (κ3) is 6.69. The number of rotatable bonds is 4. The highest BCUT2D eigenvalue weighted by Crippen LogP contribution is 1.85. The summed E-state index contributed by atoms with van der Waals surface area (Å²) in [6, 6.07) is 0. The first-order valence-corrected chi connectivity index (χ1v) is 3.63. The second-order valence-corrected chi connectivity index (χ2v) is 1.81. The summed E-state index contributed by atoms with van der Waals surface area (Å²) < 4.78 is 13.3. The molecule has 0 aliphatic carbocycles. The zero-order valence-corrected chi connectivity index (χ0v) is 7.24. The lowest BCUT2D eigenvalue weighted by atomic mass is 10.7. The molecule has 0 bridgehead atoms. The van der Waals surface area contributed by atoms with Crippen LogP contribution in [0.4, 0.5) is 4.79 Å². The Morgan fingerprint density at radius 1 is 1.23 bits per heavy atom. The van der Waals surface area contributed by atoms with Gasteiger partial charge in [-0.05, 0) is 6.92 Å². The molecule has 0 aromatic carbocycles. The molecule has 0 atom stereocenters. The second kappa shape index (κ2) is 6.98. The van der Waals surface area contributed by atoms with Gasteiger partial charge in [-0.25, -0.2) is 9.59 Å².